The van der Waals surface area contributed by atoms with Crippen LogP contribution in [0.2, 0.25) is 0 Å². The zero-order valence-corrected chi connectivity index (χ0v) is 13.7. The van der Waals surface area contributed by atoms with Gasteiger partial charge in [-0.25, -0.2) is 4.79 Å². The summed E-state index contributed by atoms with van der Waals surface area (Å²) in [5.41, 5.74) is 8.25. The molecule has 0 bridgehead atoms. The predicted molar refractivity (Wildman–Crippen MR) is 90.9 cm³/mol. The lowest BCUT2D eigenvalue weighted by atomic mass is 9.94. The number of ether oxygens (including phenoxy) is 1. The van der Waals surface area contributed by atoms with Crippen LogP contribution in [0.3, 0.4) is 0 Å². The Hall–Kier alpha value is -3.03. The van der Waals surface area contributed by atoms with Crippen molar-refractivity contribution in [3.63, 3.8) is 0 Å². The number of amides is 3. The molecule has 1 aromatic heterocycles. The monoisotopic (exact) mass is 343 g/mol. The van der Waals surface area contributed by atoms with Gasteiger partial charge in [-0.1, -0.05) is 12.1 Å². The van der Waals surface area contributed by atoms with Crippen molar-refractivity contribution in [2.75, 3.05) is 6.61 Å². The molecule has 0 spiro atoms. The van der Waals surface area contributed by atoms with Crippen molar-refractivity contribution < 1.29 is 14.3 Å². The quantitative estimate of drug-likeness (QED) is 0.614. The number of primary amides is 1. The average molecular weight is 343 g/mol. The molecule has 1 unspecified atom stereocenters. The van der Waals surface area contributed by atoms with Gasteiger partial charge in [0.2, 0.25) is 0 Å². The zero-order valence-electron chi connectivity index (χ0n) is 13.7. The Labute approximate surface area is 145 Å². The Balaban J connectivity index is 1.46. The summed E-state index contributed by atoms with van der Waals surface area (Å²) in [6.07, 6.45) is 4.42. The van der Waals surface area contributed by atoms with E-state index in [0.717, 1.165) is 30.5 Å². The number of nitrogens with zero attached hydrogens (tertiary/aromatic N) is 1. The Morgan fingerprint density at radius 1 is 1.40 bits per heavy atom. The van der Waals surface area contributed by atoms with Crippen LogP contribution in [0.1, 0.15) is 23.2 Å². The van der Waals surface area contributed by atoms with Gasteiger partial charge in [0.15, 0.2) is 6.61 Å². The smallest absolute Gasteiger partial charge is 0.315 e. The van der Waals surface area contributed by atoms with Crippen LogP contribution in [0.4, 0.5) is 4.79 Å². The van der Waals surface area contributed by atoms with Gasteiger partial charge in [-0.05, 0) is 36.1 Å². The Kier molecular flexibility index (Phi) is 5.17. The molecule has 0 saturated heterocycles. The first-order chi connectivity index (χ1) is 12.1. The molecule has 1 aliphatic carbocycles. The molecule has 25 heavy (non-hydrogen) atoms. The number of nitrogens with two attached hydrogens (primary N) is 1. The lowest BCUT2D eigenvalue weighted by molar-refractivity contribution is -0.119. The second-order valence-corrected chi connectivity index (χ2v) is 6.04. The molecule has 132 valence electrons. The van der Waals surface area contributed by atoms with Crippen LogP contribution in [-0.4, -0.2) is 34.8 Å². The molecule has 1 aliphatic rings. The molecular weight excluding hydrogens is 322 g/mol. The van der Waals surface area contributed by atoms with E-state index in [9.17, 15) is 9.59 Å². The normalized spacial score (nSPS) is 15.9. The minimum atomic E-state index is -0.532. The van der Waals surface area contributed by atoms with E-state index in [-0.39, 0.29) is 18.7 Å². The number of carbonyl (C=O) groups is 2. The number of H-pyrrole nitrogens is 1. The molecule has 3 rings (SSSR count). The van der Waals surface area contributed by atoms with Crippen LogP contribution in [0.5, 0.6) is 5.75 Å². The van der Waals surface area contributed by atoms with Crippen molar-refractivity contribution in [2.24, 2.45) is 5.73 Å². The number of hydrogen-bond acceptors (Lipinski definition) is 4. The molecule has 3 amide bonds. The summed E-state index contributed by atoms with van der Waals surface area (Å²) in [5, 5.41) is 12.8. The zero-order chi connectivity index (χ0) is 17.6. The first-order valence-electron chi connectivity index (χ1n) is 8.15. The number of nitrogens with one attached hydrogen (secondary N) is 3. The van der Waals surface area contributed by atoms with Gasteiger partial charge < -0.3 is 21.1 Å². The Bertz CT molecular complexity index is 758. The van der Waals surface area contributed by atoms with Crippen LogP contribution in [0.15, 0.2) is 30.5 Å². The molecule has 0 aliphatic heterocycles. The number of fused-ring (bicyclic) bond motifs is 1. The van der Waals surface area contributed by atoms with E-state index in [4.69, 9.17) is 10.5 Å². The Morgan fingerprint density at radius 3 is 3.12 bits per heavy atom. The van der Waals surface area contributed by atoms with Crippen molar-refractivity contribution >= 4 is 11.9 Å². The summed E-state index contributed by atoms with van der Waals surface area (Å²) in [6, 6.07) is 7.05. The van der Waals surface area contributed by atoms with E-state index in [1.165, 1.54) is 5.56 Å². The summed E-state index contributed by atoms with van der Waals surface area (Å²) >= 11 is 0. The second-order valence-electron chi connectivity index (χ2n) is 6.04. The van der Waals surface area contributed by atoms with E-state index >= 15 is 0 Å². The highest BCUT2D eigenvalue weighted by molar-refractivity contribution is 5.75. The molecule has 8 nitrogen and oxygen atoms in total. The third-order valence-corrected chi connectivity index (χ3v) is 4.09. The third kappa shape index (κ3) is 4.72. The summed E-state index contributed by atoms with van der Waals surface area (Å²) < 4.78 is 5.25. The minimum Gasteiger partial charge on any atom is -0.484 e. The fraction of sp³-hybridized carbons (Fsp3) is 0.353. The minimum absolute atomic E-state index is 0.0955. The van der Waals surface area contributed by atoms with E-state index in [1.807, 2.05) is 12.3 Å². The third-order valence-electron chi connectivity index (χ3n) is 4.09. The summed E-state index contributed by atoms with van der Waals surface area (Å²) in [5.74, 6) is 0.00776. The van der Waals surface area contributed by atoms with Gasteiger partial charge >= 0.3 is 6.03 Å². The van der Waals surface area contributed by atoms with Crippen molar-refractivity contribution in [1.82, 2.24) is 20.8 Å². The molecule has 2 aromatic rings. The van der Waals surface area contributed by atoms with E-state index < -0.39 is 5.91 Å². The van der Waals surface area contributed by atoms with Gasteiger partial charge in [-0.2, -0.15) is 5.10 Å². The predicted octanol–water partition coefficient (Wildman–Crippen LogP) is 0.630. The van der Waals surface area contributed by atoms with Crippen LogP contribution in [0, 0.1) is 0 Å². The standard InChI is InChI=1S/C17H21N5O3/c18-16(23)10-25-14-3-1-2-11(6-14)8-19-17(24)21-13-5-4-12-9-20-22-15(12)7-13/h1-3,6,9,13H,4-5,7-8,10H2,(H2,18,23)(H,20,22)(H2,19,21,24). The van der Waals surface area contributed by atoms with Crippen LogP contribution >= 0.6 is 0 Å². The van der Waals surface area contributed by atoms with Crippen molar-refractivity contribution in [2.45, 2.75) is 31.8 Å². The average Bonchev–Trinajstić information content (AvgIpc) is 3.06. The molecule has 1 aromatic carbocycles. The fourth-order valence-corrected chi connectivity index (χ4v) is 2.85. The highest BCUT2D eigenvalue weighted by Gasteiger charge is 2.21. The molecule has 1 heterocycles. The van der Waals surface area contributed by atoms with Gasteiger partial charge in [0.25, 0.3) is 5.91 Å². The number of carbonyl (C=O) groups excluding carboxylic acids is 2. The van der Waals surface area contributed by atoms with Gasteiger partial charge in [-0.15, -0.1) is 0 Å². The summed E-state index contributed by atoms with van der Waals surface area (Å²) in [7, 11) is 0. The maximum Gasteiger partial charge on any atom is 0.315 e. The number of aromatic nitrogens is 2. The SMILES string of the molecule is NC(=O)COc1cccc(CNC(=O)NC2CCc3cn[nH]c3C2)c1. The summed E-state index contributed by atoms with van der Waals surface area (Å²) in [6.45, 7) is 0.191. The van der Waals surface area contributed by atoms with Gasteiger partial charge in [0.1, 0.15) is 5.75 Å². The molecule has 1 atom stereocenters. The maximum absolute atomic E-state index is 12.1. The van der Waals surface area contributed by atoms with Gasteiger partial charge in [0, 0.05) is 24.7 Å². The van der Waals surface area contributed by atoms with Crippen LogP contribution in [-0.2, 0) is 24.2 Å². The second kappa shape index (κ2) is 7.69. The topological polar surface area (TPSA) is 122 Å². The molecule has 8 heteroatoms. The van der Waals surface area contributed by atoms with Crippen molar-refractivity contribution in [3.05, 3.63) is 47.3 Å². The maximum atomic E-state index is 12.1. The largest absolute Gasteiger partial charge is 0.484 e. The molecule has 0 radical (unpaired) electrons. The Morgan fingerprint density at radius 2 is 2.28 bits per heavy atom. The number of benzene rings is 1. The highest BCUT2D eigenvalue weighted by Crippen LogP contribution is 2.18. The first kappa shape index (κ1) is 16.8. The lowest BCUT2D eigenvalue weighted by Gasteiger charge is -2.23. The van der Waals surface area contributed by atoms with E-state index in [0.29, 0.717) is 12.3 Å². The van der Waals surface area contributed by atoms with Crippen molar-refractivity contribution in [3.8, 4) is 5.75 Å². The number of rotatable bonds is 6. The van der Waals surface area contributed by atoms with Gasteiger partial charge in [-0.3, -0.25) is 9.89 Å². The van der Waals surface area contributed by atoms with Crippen molar-refractivity contribution in [1.29, 1.82) is 0 Å². The van der Waals surface area contributed by atoms with Crippen LogP contribution < -0.4 is 21.1 Å². The molecule has 0 saturated carbocycles. The number of aromatic amines is 1. The number of urea groups is 1. The summed E-state index contributed by atoms with van der Waals surface area (Å²) in [4.78, 5) is 22.8. The van der Waals surface area contributed by atoms with E-state index in [2.05, 4.69) is 20.8 Å². The molecule has 5 N–H and O–H groups in total. The first-order valence-corrected chi connectivity index (χ1v) is 8.15. The fourth-order valence-electron chi connectivity index (χ4n) is 2.85. The van der Waals surface area contributed by atoms with Gasteiger partial charge in [0.05, 0.1) is 6.20 Å². The lowest BCUT2D eigenvalue weighted by Crippen LogP contribution is -2.44. The van der Waals surface area contributed by atoms with E-state index in [1.54, 1.807) is 18.2 Å². The number of aryl methyl sites for hydroxylation is 1. The molecule has 0 fully saturated rings. The number of hydrogen-bond donors (Lipinski definition) is 4. The van der Waals surface area contributed by atoms with Crippen LogP contribution in [0.25, 0.3) is 0 Å². The highest BCUT2D eigenvalue weighted by atomic mass is 16.5. The molecular formula is C17H21N5O3.